The fourth-order valence-corrected chi connectivity index (χ4v) is 2.52. The maximum absolute atomic E-state index is 4.47. The molecule has 1 aliphatic rings. The van der Waals surface area contributed by atoms with Crippen molar-refractivity contribution < 1.29 is 0 Å². The van der Waals surface area contributed by atoms with E-state index in [1.54, 1.807) is 0 Å². The van der Waals surface area contributed by atoms with Gasteiger partial charge in [-0.15, -0.1) is 0 Å². The number of pyridine rings is 1. The van der Waals surface area contributed by atoms with E-state index in [1.165, 1.54) is 5.56 Å². The molecule has 0 aliphatic carbocycles. The predicted octanol–water partition coefficient (Wildman–Crippen LogP) is 2.04. The highest BCUT2D eigenvalue weighted by Gasteiger charge is 2.21. The fraction of sp³-hybridized carbons (Fsp3) is 0.667. The first-order valence-electron chi connectivity index (χ1n) is 7.30. The van der Waals surface area contributed by atoms with Crippen LogP contribution in [0.25, 0.3) is 0 Å². The van der Waals surface area contributed by atoms with Crippen molar-refractivity contribution in [1.82, 2.24) is 14.8 Å². The lowest BCUT2D eigenvalue weighted by Gasteiger charge is -2.38. The number of likely N-dealkylation sites (N-methyl/N-ethyl adjacent to an activating group) is 1. The summed E-state index contributed by atoms with van der Waals surface area (Å²) in [7, 11) is 2.20. The van der Waals surface area contributed by atoms with Crippen molar-refractivity contribution in [2.75, 3.05) is 38.5 Å². The third-order valence-corrected chi connectivity index (χ3v) is 3.73. The lowest BCUT2D eigenvalue weighted by Crippen LogP contribution is -2.49. The summed E-state index contributed by atoms with van der Waals surface area (Å²) in [6.07, 6.45) is 3.13. The molecule has 1 aromatic heterocycles. The standard InChI is InChI=1S/C15H26N4/c1-4-7-16-15-6-5-14(10-17-15)12-19-9-8-18(3)11-13(19)2/h5-6,10,13H,4,7-9,11-12H2,1-3H3,(H,16,17). The zero-order valence-corrected chi connectivity index (χ0v) is 12.4. The molecule has 0 bridgehead atoms. The van der Waals surface area contributed by atoms with Gasteiger partial charge in [-0.3, -0.25) is 4.90 Å². The van der Waals surface area contributed by atoms with Crippen LogP contribution in [0.15, 0.2) is 18.3 Å². The molecule has 0 radical (unpaired) electrons. The Bertz CT molecular complexity index is 376. The average molecular weight is 262 g/mol. The molecule has 106 valence electrons. The summed E-state index contributed by atoms with van der Waals surface area (Å²) < 4.78 is 0. The van der Waals surface area contributed by atoms with Crippen molar-refractivity contribution >= 4 is 5.82 Å². The van der Waals surface area contributed by atoms with Crippen LogP contribution in [0.1, 0.15) is 25.8 Å². The van der Waals surface area contributed by atoms with E-state index in [2.05, 4.69) is 53.1 Å². The van der Waals surface area contributed by atoms with E-state index in [0.717, 1.165) is 45.0 Å². The van der Waals surface area contributed by atoms with Gasteiger partial charge in [0, 0.05) is 45.0 Å². The normalized spacial score (nSPS) is 21.5. The topological polar surface area (TPSA) is 31.4 Å². The number of anilines is 1. The minimum Gasteiger partial charge on any atom is -0.370 e. The summed E-state index contributed by atoms with van der Waals surface area (Å²) in [6.45, 7) is 9.93. The summed E-state index contributed by atoms with van der Waals surface area (Å²) in [5.74, 6) is 0.983. The maximum atomic E-state index is 4.47. The smallest absolute Gasteiger partial charge is 0.125 e. The lowest BCUT2D eigenvalue weighted by molar-refractivity contribution is 0.0937. The zero-order chi connectivity index (χ0) is 13.7. The van der Waals surface area contributed by atoms with Crippen molar-refractivity contribution in [3.8, 4) is 0 Å². The van der Waals surface area contributed by atoms with Gasteiger partial charge in [-0.25, -0.2) is 4.98 Å². The highest BCUT2D eigenvalue weighted by molar-refractivity contribution is 5.35. The number of nitrogens with one attached hydrogen (secondary N) is 1. The molecule has 1 aliphatic heterocycles. The van der Waals surface area contributed by atoms with E-state index >= 15 is 0 Å². The molecule has 1 saturated heterocycles. The first-order valence-corrected chi connectivity index (χ1v) is 7.30. The zero-order valence-electron chi connectivity index (χ0n) is 12.4. The molecule has 2 rings (SSSR count). The molecule has 1 unspecified atom stereocenters. The molecule has 1 atom stereocenters. The van der Waals surface area contributed by atoms with Crippen LogP contribution in [0.3, 0.4) is 0 Å². The van der Waals surface area contributed by atoms with Crippen LogP contribution in [-0.4, -0.2) is 54.1 Å². The number of piperazine rings is 1. The van der Waals surface area contributed by atoms with Gasteiger partial charge in [-0.1, -0.05) is 13.0 Å². The molecule has 4 nitrogen and oxygen atoms in total. The summed E-state index contributed by atoms with van der Waals surface area (Å²) in [6, 6.07) is 4.90. The molecule has 0 saturated carbocycles. The Labute approximate surface area is 116 Å². The van der Waals surface area contributed by atoms with Crippen LogP contribution >= 0.6 is 0 Å². The van der Waals surface area contributed by atoms with Gasteiger partial charge in [0.05, 0.1) is 0 Å². The first-order chi connectivity index (χ1) is 9.19. The van der Waals surface area contributed by atoms with E-state index in [1.807, 2.05) is 6.20 Å². The highest BCUT2D eigenvalue weighted by atomic mass is 15.3. The van der Waals surface area contributed by atoms with Gasteiger partial charge in [0.15, 0.2) is 0 Å². The van der Waals surface area contributed by atoms with E-state index < -0.39 is 0 Å². The Morgan fingerprint density at radius 1 is 1.37 bits per heavy atom. The monoisotopic (exact) mass is 262 g/mol. The van der Waals surface area contributed by atoms with E-state index in [-0.39, 0.29) is 0 Å². The van der Waals surface area contributed by atoms with Crippen LogP contribution < -0.4 is 5.32 Å². The van der Waals surface area contributed by atoms with Crippen LogP contribution in [0.4, 0.5) is 5.82 Å². The van der Waals surface area contributed by atoms with Crippen molar-refractivity contribution in [2.24, 2.45) is 0 Å². The van der Waals surface area contributed by atoms with E-state index in [9.17, 15) is 0 Å². The van der Waals surface area contributed by atoms with Gasteiger partial charge in [0.2, 0.25) is 0 Å². The molecule has 0 amide bonds. The second-order valence-corrected chi connectivity index (χ2v) is 5.56. The van der Waals surface area contributed by atoms with Crippen molar-refractivity contribution in [3.05, 3.63) is 23.9 Å². The quantitative estimate of drug-likeness (QED) is 0.880. The van der Waals surface area contributed by atoms with E-state index in [0.29, 0.717) is 6.04 Å². The lowest BCUT2D eigenvalue weighted by atomic mass is 10.1. The Kier molecular flexibility index (Phi) is 5.16. The van der Waals surface area contributed by atoms with Gasteiger partial charge in [-0.2, -0.15) is 0 Å². The molecule has 2 heterocycles. The number of nitrogens with zero attached hydrogens (tertiary/aromatic N) is 3. The Hall–Kier alpha value is -1.13. The highest BCUT2D eigenvalue weighted by Crippen LogP contribution is 2.13. The summed E-state index contributed by atoms with van der Waals surface area (Å²) >= 11 is 0. The minimum atomic E-state index is 0.622. The molecule has 0 spiro atoms. The molecular formula is C15H26N4. The van der Waals surface area contributed by atoms with Crippen molar-refractivity contribution in [1.29, 1.82) is 0 Å². The van der Waals surface area contributed by atoms with Gasteiger partial charge in [-0.05, 0) is 32.0 Å². The third kappa shape index (κ3) is 4.18. The molecule has 1 aromatic rings. The SMILES string of the molecule is CCCNc1ccc(CN2CCN(C)CC2C)cn1. The van der Waals surface area contributed by atoms with Crippen LogP contribution in [-0.2, 0) is 6.54 Å². The molecular weight excluding hydrogens is 236 g/mol. The molecule has 1 N–H and O–H groups in total. The first kappa shape index (κ1) is 14.3. The van der Waals surface area contributed by atoms with Crippen LogP contribution in [0.2, 0.25) is 0 Å². The second-order valence-electron chi connectivity index (χ2n) is 5.56. The Balaban J connectivity index is 1.88. The Morgan fingerprint density at radius 3 is 2.84 bits per heavy atom. The van der Waals surface area contributed by atoms with Crippen LogP contribution in [0, 0.1) is 0 Å². The molecule has 1 fully saturated rings. The van der Waals surface area contributed by atoms with Gasteiger partial charge >= 0.3 is 0 Å². The summed E-state index contributed by atoms with van der Waals surface area (Å²) in [4.78, 5) is 9.41. The average Bonchev–Trinajstić information content (AvgIpc) is 2.41. The molecule has 0 aromatic carbocycles. The predicted molar refractivity (Wildman–Crippen MR) is 80.4 cm³/mol. The summed E-state index contributed by atoms with van der Waals surface area (Å²) in [5, 5.41) is 3.31. The number of aromatic nitrogens is 1. The molecule has 19 heavy (non-hydrogen) atoms. The van der Waals surface area contributed by atoms with Gasteiger partial charge in [0.25, 0.3) is 0 Å². The largest absolute Gasteiger partial charge is 0.370 e. The number of hydrogen-bond donors (Lipinski definition) is 1. The number of hydrogen-bond acceptors (Lipinski definition) is 4. The fourth-order valence-electron chi connectivity index (χ4n) is 2.52. The number of rotatable bonds is 5. The van der Waals surface area contributed by atoms with E-state index in [4.69, 9.17) is 0 Å². The minimum absolute atomic E-state index is 0.622. The molecule has 4 heteroatoms. The van der Waals surface area contributed by atoms with Crippen LogP contribution in [0.5, 0.6) is 0 Å². The summed E-state index contributed by atoms with van der Waals surface area (Å²) in [5.41, 5.74) is 1.30. The van der Waals surface area contributed by atoms with Crippen molar-refractivity contribution in [2.45, 2.75) is 32.9 Å². The van der Waals surface area contributed by atoms with Gasteiger partial charge in [0.1, 0.15) is 5.82 Å². The third-order valence-electron chi connectivity index (χ3n) is 3.73. The second kappa shape index (κ2) is 6.87. The Morgan fingerprint density at radius 2 is 2.21 bits per heavy atom. The van der Waals surface area contributed by atoms with Crippen molar-refractivity contribution in [3.63, 3.8) is 0 Å². The maximum Gasteiger partial charge on any atom is 0.125 e. The van der Waals surface area contributed by atoms with Gasteiger partial charge < -0.3 is 10.2 Å².